The molecule has 0 aromatic heterocycles. The Labute approximate surface area is 275 Å². The van der Waals surface area contributed by atoms with E-state index in [9.17, 15) is 24.0 Å². The molecule has 0 unspecified atom stereocenters. The maximum absolute atomic E-state index is 13.2. The van der Waals surface area contributed by atoms with Gasteiger partial charge in [-0.1, -0.05) is 24.3 Å². The van der Waals surface area contributed by atoms with Crippen LogP contribution in [0.2, 0.25) is 0 Å². The first kappa shape index (κ1) is 32.8. The van der Waals surface area contributed by atoms with Crippen LogP contribution < -0.4 is 15.0 Å². The molecule has 0 saturated carbocycles. The van der Waals surface area contributed by atoms with E-state index in [2.05, 4.69) is 15.5 Å². The number of hydrogen-bond acceptors (Lipinski definition) is 10. The zero-order chi connectivity index (χ0) is 33.2. The van der Waals surface area contributed by atoms with Gasteiger partial charge in [-0.2, -0.15) is 10.2 Å². The number of amides is 3. The summed E-state index contributed by atoms with van der Waals surface area (Å²) < 4.78 is 10.1. The highest BCUT2D eigenvalue weighted by Crippen LogP contribution is 2.35. The Hall–Kier alpha value is -5.62. The zero-order valence-corrected chi connectivity index (χ0v) is 26.1. The molecule has 4 aromatic carbocycles. The quantitative estimate of drug-likeness (QED) is 0.0731. The van der Waals surface area contributed by atoms with Crippen LogP contribution in [-0.2, 0) is 23.9 Å². The number of anilines is 2. The van der Waals surface area contributed by atoms with E-state index in [0.29, 0.717) is 39.0 Å². The van der Waals surface area contributed by atoms with Gasteiger partial charge in [-0.25, -0.2) is 4.90 Å². The minimum atomic E-state index is -0.675. The van der Waals surface area contributed by atoms with Crippen LogP contribution in [0.3, 0.4) is 0 Å². The summed E-state index contributed by atoms with van der Waals surface area (Å²) in [6, 6.07) is 29.3. The third kappa shape index (κ3) is 8.98. The lowest BCUT2D eigenvalue weighted by Gasteiger charge is -2.15. The molecule has 1 aliphatic rings. The summed E-state index contributed by atoms with van der Waals surface area (Å²) in [6.07, 6.45) is -0.329. The first-order valence-corrected chi connectivity index (χ1v) is 15.5. The molecule has 12 heteroatoms. The summed E-state index contributed by atoms with van der Waals surface area (Å²) >= 11 is 1.23. The highest BCUT2D eigenvalue weighted by molar-refractivity contribution is 8.00. The van der Waals surface area contributed by atoms with Crippen LogP contribution in [0.1, 0.15) is 29.6 Å². The fourth-order valence-corrected chi connectivity index (χ4v) is 5.69. The number of methoxy groups -OCH3 is 1. The summed E-state index contributed by atoms with van der Waals surface area (Å²) in [4.78, 5) is 64.8. The van der Waals surface area contributed by atoms with Crippen molar-refractivity contribution in [3.8, 4) is 5.75 Å². The van der Waals surface area contributed by atoms with Gasteiger partial charge in [0.25, 0.3) is 0 Å². The van der Waals surface area contributed by atoms with Gasteiger partial charge in [0, 0.05) is 29.0 Å². The molecule has 0 aliphatic carbocycles. The molecule has 0 bridgehead atoms. The van der Waals surface area contributed by atoms with E-state index < -0.39 is 23.7 Å². The van der Waals surface area contributed by atoms with E-state index in [-0.39, 0.29) is 36.9 Å². The Bertz CT molecular complexity index is 1800. The second-order valence-electron chi connectivity index (χ2n) is 10.3. The molecular formula is C35H30N4O7S. The number of hydrogen-bond donors (Lipinski definition) is 1. The average molecular weight is 651 g/mol. The minimum Gasteiger partial charge on any atom is -0.497 e. The molecule has 1 heterocycles. The average Bonchev–Trinajstić information content (AvgIpc) is 3.37. The van der Waals surface area contributed by atoms with Crippen molar-refractivity contribution < 1.29 is 33.4 Å². The smallest absolute Gasteiger partial charge is 0.306 e. The van der Waals surface area contributed by atoms with Gasteiger partial charge >= 0.3 is 5.97 Å². The molecular weight excluding hydrogens is 620 g/mol. The normalized spacial score (nSPS) is 14.3. The van der Waals surface area contributed by atoms with Crippen molar-refractivity contribution in [1.29, 1.82) is 0 Å². The van der Waals surface area contributed by atoms with Gasteiger partial charge in [0.05, 0.1) is 35.8 Å². The fraction of sp³-hybridized carbons (Fsp3) is 0.171. The van der Waals surface area contributed by atoms with Gasteiger partial charge in [-0.3, -0.25) is 24.0 Å². The largest absolute Gasteiger partial charge is 0.497 e. The van der Waals surface area contributed by atoms with Gasteiger partial charge in [0.15, 0.2) is 12.4 Å². The molecule has 5 rings (SSSR count). The Kier molecular flexibility index (Phi) is 10.9. The number of Topliss-reactive ketones (excluding diaryl/α,β-unsaturated/α-hetero) is 1. The van der Waals surface area contributed by atoms with Crippen LogP contribution in [0.15, 0.2) is 118 Å². The lowest BCUT2D eigenvalue weighted by atomic mass is 10.1. The van der Waals surface area contributed by atoms with Crippen LogP contribution in [0, 0.1) is 0 Å². The number of azo groups is 1. The lowest BCUT2D eigenvalue weighted by Crippen LogP contribution is -2.31. The number of carbonyl (C=O) groups excluding carboxylic acids is 5. The molecule has 1 saturated heterocycles. The minimum absolute atomic E-state index is 0.0264. The molecule has 11 nitrogen and oxygen atoms in total. The number of thioether (sulfide) groups is 1. The van der Waals surface area contributed by atoms with Crippen molar-refractivity contribution in [3.05, 3.63) is 109 Å². The maximum atomic E-state index is 13.2. The summed E-state index contributed by atoms with van der Waals surface area (Å²) in [5.74, 6) is -1.51. The standard InChI is InChI=1S/C35H30N4O7S/c1-45-28-16-10-23(11-17-28)30(40)22-46-34(43)19-18-32(41)36-26-8-5-9-29(20-26)47-31-21-33(42)39(35(31)44)27-14-12-25(13-15-27)38-37-24-6-3-2-4-7-24/h2-17,20,31H,18-19,21-22H2,1H3,(H,36,41)/t31-/m1/s1. The second-order valence-corrected chi connectivity index (χ2v) is 11.6. The number of nitrogens with zero attached hydrogens (tertiary/aromatic N) is 3. The van der Waals surface area contributed by atoms with Crippen LogP contribution in [0.5, 0.6) is 5.75 Å². The molecule has 238 valence electrons. The van der Waals surface area contributed by atoms with Crippen molar-refractivity contribution in [2.75, 3.05) is 23.9 Å². The first-order valence-electron chi connectivity index (χ1n) is 14.6. The highest BCUT2D eigenvalue weighted by atomic mass is 32.2. The Morgan fingerprint density at radius 1 is 0.851 bits per heavy atom. The summed E-state index contributed by atoms with van der Waals surface area (Å²) in [7, 11) is 1.52. The highest BCUT2D eigenvalue weighted by Gasteiger charge is 2.40. The Balaban J connectivity index is 1.09. The van der Waals surface area contributed by atoms with Crippen molar-refractivity contribution >= 4 is 64.0 Å². The number of benzene rings is 4. The van der Waals surface area contributed by atoms with Crippen molar-refractivity contribution in [2.45, 2.75) is 29.4 Å². The molecule has 4 aromatic rings. The molecule has 1 aliphatic heterocycles. The zero-order valence-electron chi connectivity index (χ0n) is 25.3. The van der Waals surface area contributed by atoms with E-state index in [0.717, 1.165) is 0 Å². The van der Waals surface area contributed by atoms with Crippen LogP contribution in [-0.4, -0.2) is 48.4 Å². The Morgan fingerprint density at radius 2 is 1.55 bits per heavy atom. The van der Waals surface area contributed by atoms with Crippen LogP contribution in [0.4, 0.5) is 22.7 Å². The molecule has 47 heavy (non-hydrogen) atoms. The van der Waals surface area contributed by atoms with Gasteiger partial charge in [0.2, 0.25) is 17.7 Å². The second kappa shape index (κ2) is 15.6. The first-order chi connectivity index (χ1) is 22.8. The number of esters is 1. The summed E-state index contributed by atoms with van der Waals surface area (Å²) in [6.45, 7) is -0.433. The summed E-state index contributed by atoms with van der Waals surface area (Å²) in [5.41, 5.74) is 2.59. The predicted octanol–water partition coefficient (Wildman–Crippen LogP) is 6.68. The van der Waals surface area contributed by atoms with Gasteiger partial charge in [-0.05, 0) is 78.9 Å². The molecule has 1 atom stereocenters. The van der Waals surface area contributed by atoms with E-state index in [1.807, 2.05) is 30.3 Å². The van der Waals surface area contributed by atoms with Crippen molar-refractivity contribution in [3.63, 3.8) is 0 Å². The molecule has 0 spiro atoms. The van der Waals surface area contributed by atoms with Gasteiger partial charge < -0.3 is 14.8 Å². The fourth-order valence-electron chi connectivity index (χ4n) is 4.57. The van der Waals surface area contributed by atoms with E-state index >= 15 is 0 Å². The molecule has 3 amide bonds. The van der Waals surface area contributed by atoms with Gasteiger partial charge in [0.1, 0.15) is 5.75 Å². The van der Waals surface area contributed by atoms with E-state index in [1.54, 1.807) is 72.8 Å². The van der Waals surface area contributed by atoms with Gasteiger partial charge in [-0.15, -0.1) is 11.8 Å². The molecule has 0 radical (unpaired) electrons. The monoisotopic (exact) mass is 650 g/mol. The predicted molar refractivity (Wildman–Crippen MR) is 176 cm³/mol. The Morgan fingerprint density at radius 3 is 2.26 bits per heavy atom. The maximum Gasteiger partial charge on any atom is 0.306 e. The third-order valence-electron chi connectivity index (χ3n) is 6.98. The van der Waals surface area contributed by atoms with Crippen LogP contribution >= 0.6 is 11.8 Å². The lowest BCUT2D eigenvalue weighted by molar-refractivity contribution is -0.143. The third-order valence-corrected chi connectivity index (χ3v) is 8.16. The summed E-state index contributed by atoms with van der Waals surface area (Å²) in [5, 5.41) is 10.5. The number of imide groups is 1. The van der Waals surface area contributed by atoms with E-state index in [1.165, 1.54) is 23.8 Å². The topological polar surface area (TPSA) is 144 Å². The van der Waals surface area contributed by atoms with Crippen molar-refractivity contribution in [2.24, 2.45) is 10.2 Å². The van der Waals surface area contributed by atoms with E-state index in [4.69, 9.17) is 9.47 Å². The number of ether oxygens (including phenoxy) is 2. The van der Waals surface area contributed by atoms with Crippen molar-refractivity contribution in [1.82, 2.24) is 0 Å². The molecule has 1 N–H and O–H groups in total. The number of ketones is 1. The molecule has 1 fully saturated rings. The number of carbonyl (C=O) groups is 5. The SMILES string of the molecule is COc1ccc(C(=O)COC(=O)CCC(=O)Nc2cccc(S[C@@H]3CC(=O)N(c4ccc(N=Nc5ccccc5)cc4)C3=O)c2)cc1. The number of rotatable bonds is 13. The van der Waals surface area contributed by atoms with Crippen LogP contribution in [0.25, 0.3) is 0 Å². The number of nitrogens with one attached hydrogen (secondary N) is 1.